The Hall–Kier alpha value is -1.81. The molecule has 1 aliphatic heterocycles. The molecule has 0 aliphatic carbocycles. The van der Waals surface area contributed by atoms with E-state index in [4.69, 9.17) is 11.5 Å². The van der Waals surface area contributed by atoms with Gasteiger partial charge < -0.3 is 21.1 Å². The van der Waals surface area contributed by atoms with Gasteiger partial charge in [0, 0.05) is 13.1 Å². The van der Waals surface area contributed by atoms with Crippen LogP contribution < -0.4 is 16.4 Å². The number of nitrogen functional groups attached to an aromatic ring is 1. The number of hydrogen-bond donors (Lipinski definition) is 2. The van der Waals surface area contributed by atoms with Crippen molar-refractivity contribution in [2.75, 3.05) is 42.3 Å². The summed E-state index contributed by atoms with van der Waals surface area (Å²) in [6.45, 7) is 0.453. The lowest BCUT2D eigenvalue weighted by molar-refractivity contribution is 0.0603. The number of thiophene rings is 1. The predicted molar refractivity (Wildman–Crippen MR) is 79.5 cm³/mol. The number of methoxy groups -OCH3 is 1. The topological polar surface area (TPSA) is 133 Å². The number of hydrogen-bond acceptors (Lipinski definition) is 8. The van der Waals surface area contributed by atoms with Crippen molar-refractivity contribution in [3.05, 3.63) is 10.4 Å². The lowest BCUT2D eigenvalue weighted by Crippen LogP contribution is -2.40. The second-order valence-electron chi connectivity index (χ2n) is 4.52. The largest absolute Gasteiger partial charge is 0.465 e. The van der Waals surface area contributed by atoms with Crippen LogP contribution in [0.3, 0.4) is 0 Å². The number of nitrogens with two attached hydrogens (primary N) is 2. The van der Waals surface area contributed by atoms with Crippen LogP contribution in [0.15, 0.2) is 0 Å². The van der Waals surface area contributed by atoms with E-state index in [1.165, 1.54) is 7.11 Å². The van der Waals surface area contributed by atoms with Crippen LogP contribution in [0.2, 0.25) is 0 Å². The first kappa shape index (κ1) is 15.6. The first-order valence-electron chi connectivity index (χ1n) is 6.02. The van der Waals surface area contributed by atoms with E-state index in [2.05, 4.69) is 4.74 Å². The van der Waals surface area contributed by atoms with Gasteiger partial charge in [-0.2, -0.15) is 0 Å². The van der Waals surface area contributed by atoms with Crippen molar-refractivity contribution in [1.29, 1.82) is 0 Å². The van der Waals surface area contributed by atoms with Crippen LogP contribution in [0.1, 0.15) is 20.0 Å². The summed E-state index contributed by atoms with van der Waals surface area (Å²) in [4.78, 5) is 25.0. The molecule has 2 rings (SSSR count). The minimum absolute atomic E-state index is 0.0165. The van der Waals surface area contributed by atoms with Gasteiger partial charge in [0.2, 0.25) is 0 Å². The summed E-state index contributed by atoms with van der Waals surface area (Å²) in [5.74, 6) is -1.45. The number of carbonyl (C=O) groups excluding carboxylic acids is 2. The summed E-state index contributed by atoms with van der Waals surface area (Å²) in [5, 5.41) is 0.419. The molecule has 1 aliphatic rings. The van der Waals surface area contributed by atoms with Crippen molar-refractivity contribution >= 4 is 43.7 Å². The smallest absolute Gasteiger partial charge is 0.343 e. The van der Waals surface area contributed by atoms with E-state index >= 15 is 0 Å². The highest BCUT2D eigenvalue weighted by atomic mass is 32.2. The van der Waals surface area contributed by atoms with E-state index in [1.807, 2.05) is 0 Å². The maximum atomic E-state index is 11.9. The number of amides is 1. The molecule has 21 heavy (non-hydrogen) atoms. The molecule has 0 atom stereocenters. The molecule has 1 amide bonds. The minimum Gasteiger partial charge on any atom is -0.465 e. The molecule has 0 radical (unpaired) electrons. The highest BCUT2D eigenvalue weighted by Gasteiger charge is 2.31. The third kappa shape index (κ3) is 2.95. The summed E-state index contributed by atoms with van der Waals surface area (Å²) in [6, 6.07) is 0. The van der Waals surface area contributed by atoms with E-state index < -0.39 is 21.7 Å². The molecule has 116 valence electrons. The van der Waals surface area contributed by atoms with Crippen LogP contribution in [0, 0.1) is 0 Å². The van der Waals surface area contributed by atoms with Gasteiger partial charge in [-0.1, -0.05) is 0 Å². The summed E-state index contributed by atoms with van der Waals surface area (Å²) < 4.78 is 27.6. The molecule has 4 N–H and O–H groups in total. The fourth-order valence-corrected chi connectivity index (χ4v) is 4.37. The highest BCUT2D eigenvalue weighted by molar-refractivity contribution is 7.91. The van der Waals surface area contributed by atoms with E-state index in [9.17, 15) is 18.0 Å². The zero-order chi connectivity index (χ0) is 15.8. The van der Waals surface area contributed by atoms with Crippen molar-refractivity contribution in [3.8, 4) is 0 Å². The van der Waals surface area contributed by atoms with E-state index in [1.54, 1.807) is 4.90 Å². The molecule has 0 unspecified atom stereocenters. The van der Waals surface area contributed by atoms with E-state index in [0.29, 0.717) is 5.00 Å². The average Bonchev–Trinajstić information content (AvgIpc) is 2.75. The minimum atomic E-state index is -3.06. The van der Waals surface area contributed by atoms with E-state index in [0.717, 1.165) is 11.3 Å². The number of sulfone groups is 1. The van der Waals surface area contributed by atoms with Crippen molar-refractivity contribution in [3.63, 3.8) is 0 Å². The van der Waals surface area contributed by atoms with Gasteiger partial charge in [-0.15, -0.1) is 11.3 Å². The van der Waals surface area contributed by atoms with Crippen LogP contribution in [-0.4, -0.2) is 52.0 Å². The Labute approximate surface area is 125 Å². The molecular formula is C11H15N3O5S2. The molecule has 0 bridgehead atoms. The first-order valence-corrected chi connectivity index (χ1v) is 8.66. The summed E-state index contributed by atoms with van der Waals surface area (Å²) in [6.07, 6.45) is 0. The van der Waals surface area contributed by atoms with Crippen molar-refractivity contribution in [2.45, 2.75) is 0 Å². The number of anilines is 2. The number of esters is 1. The molecule has 1 saturated heterocycles. The molecule has 0 spiro atoms. The van der Waals surface area contributed by atoms with Crippen LogP contribution in [0.25, 0.3) is 0 Å². The Morgan fingerprint density at radius 1 is 1.29 bits per heavy atom. The van der Waals surface area contributed by atoms with Crippen LogP contribution in [-0.2, 0) is 14.6 Å². The number of rotatable bonds is 3. The number of primary amides is 1. The van der Waals surface area contributed by atoms with Gasteiger partial charge in [0.25, 0.3) is 5.91 Å². The fourth-order valence-electron chi connectivity index (χ4n) is 2.05. The number of ether oxygens (including phenoxy) is 1. The van der Waals surface area contributed by atoms with Crippen LogP contribution in [0.5, 0.6) is 0 Å². The van der Waals surface area contributed by atoms with Gasteiger partial charge in [0.1, 0.15) is 15.4 Å². The normalized spacial score (nSPS) is 17.5. The molecule has 2 heterocycles. The monoisotopic (exact) mass is 333 g/mol. The second kappa shape index (κ2) is 5.53. The molecule has 1 fully saturated rings. The number of nitrogens with zero attached hydrogens (tertiary/aromatic N) is 1. The first-order chi connectivity index (χ1) is 9.76. The van der Waals surface area contributed by atoms with Crippen molar-refractivity contribution in [2.24, 2.45) is 5.73 Å². The summed E-state index contributed by atoms with van der Waals surface area (Å²) >= 11 is 0.975. The van der Waals surface area contributed by atoms with Gasteiger partial charge in [0.05, 0.1) is 24.3 Å². The summed E-state index contributed by atoms with van der Waals surface area (Å²) in [5.41, 5.74) is 11.1. The highest BCUT2D eigenvalue weighted by Crippen LogP contribution is 2.39. The van der Waals surface area contributed by atoms with E-state index in [-0.39, 0.29) is 40.7 Å². The Morgan fingerprint density at radius 2 is 1.86 bits per heavy atom. The zero-order valence-corrected chi connectivity index (χ0v) is 12.9. The summed E-state index contributed by atoms with van der Waals surface area (Å²) in [7, 11) is -1.86. The van der Waals surface area contributed by atoms with Crippen molar-refractivity contribution < 1.29 is 22.7 Å². The lowest BCUT2D eigenvalue weighted by atomic mass is 10.2. The molecule has 1 aromatic rings. The van der Waals surface area contributed by atoms with Crippen LogP contribution >= 0.6 is 11.3 Å². The Bertz CT molecular complexity index is 681. The molecule has 0 saturated carbocycles. The van der Waals surface area contributed by atoms with Gasteiger partial charge in [-0.05, 0) is 0 Å². The standard InChI is InChI=1S/C11H15N3O5S2/c1-19-11(16)6-7(12)8(9(13)15)20-10(6)14-2-4-21(17,18)5-3-14/h2-5,12H2,1H3,(H2,13,15). The Kier molecular flexibility index (Phi) is 4.10. The van der Waals surface area contributed by atoms with Gasteiger partial charge >= 0.3 is 5.97 Å². The maximum Gasteiger partial charge on any atom is 0.343 e. The zero-order valence-electron chi connectivity index (χ0n) is 11.3. The Morgan fingerprint density at radius 3 is 2.33 bits per heavy atom. The molecule has 0 aromatic carbocycles. The predicted octanol–water partition coefficient (Wildman–Crippen LogP) is -0.549. The Balaban J connectivity index is 2.45. The SMILES string of the molecule is COC(=O)c1c(N2CCS(=O)(=O)CC2)sc(C(N)=O)c1N. The fraction of sp³-hybridized carbons (Fsp3) is 0.455. The van der Waals surface area contributed by atoms with Gasteiger partial charge in [-0.3, -0.25) is 4.79 Å². The second-order valence-corrected chi connectivity index (χ2v) is 7.82. The third-order valence-corrected chi connectivity index (χ3v) is 6.06. The van der Waals surface area contributed by atoms with Gasteiger partial charge in [-0.25, -0.2) is 13.2 Å². The average molecular weight is 333 g/mol. The maximum absolute atomic E-state index is 11.9. The van der Waals surface area contributed by atoms with Gasteiger partial charge in [0.15, 0.2) is 9.84 Å². The number of carbonyl (C=O) groups is 2. The molecular weight excluding hydrogens is 318 g/mol. The quantitative estimate of drug-likeness (QED) is 0.709. The third-order valence-electron chi connectivity index (χ3n) is 3.17. The lowest BCUT2D eigenvalue weighted by Gasteiger charge is -2.28. The van der Waals surface area contributed by atoms with Crippen molar-refractivity contribution in [1.82, 2.24) is 0 Å². The molecule has 10 heteroatoms. The molecule has 1 aromatic heterocycles. The van der Waals surface area contributed by atoms with Crippen LogP contribution in [0.4, 0.5) is 10.7 Å². The molecule has 8 nitrogen and oxygen atoms in total.